The molecule has 1 unspecified atom stereocenters. The van der Waals surface area contributed by atoms with E-state index in [1.165, 1.54) is 13.8 Å². The Morgan fingerprint density at radius 1 is 1.40 bits per heavy atom. The van der Waals surface area contributed by atoms with Crippen LogP contribution in [0.2, 0.25) is 0 Å². The van der Waals surface area contributed by atoms with Crippen molar-refractivity contribution in [2.75, 3.05) is 6.54 Å². The Balaban J connectivity index is 3.33. The quantitative estimate of drug-likeness (QED) is 0.859. The lowest BCUT2D eigenvalue weighted by molar-refractivity contribution is -0.137. The molecule has 1 atom stereocenters. The van der Waals surface area contributed by atoms with Crippen molar-refractivity contribution in [2.24, 2.45) is 0 Å². The first kappa shape index (κ1) is 16.5. The molecule has 0 aliphatic heterocycles. The third kappa shape index (κ3) is 3.29. The van der Waals surface area contributed by atoms with Crippen LogP contribution in [0.1, 0.15) is 19.4 Å². The highest BCUT2D eigenvalue weighted by atomic mass is 32.2. The van der Waals surface area contributed by atoms with Crippen molar-refractivity contribution in [3.8, 4) is 6.07 Å². The van der Waals surface area contributed by atoms with Crippen molar-refractivity contribution in [3.63, 3.8) is 0 Å². The van der Waals surface area contributed by atoms with Gasteiger partial charge in [-0.1, -0.05) is 13.0 Å². The standard InChI is InChI=1S/C12H13F3N2O2S/c1-3-17(9(2)8-16)20(18,19)11-6-4-5-10(7-11)12(13,14)15/h4-7,9H,3H2,1-2H3. The second-order valence-corrected chi connectivity index (χ2v) is 5.93. The largest absolute Gasteiger partial charge is 0.416 e. The summed E-state index contributed by atoms with van der Waals surface area (Å²) < 4.78 is 63.2. The summed E-state index contributed by atoms with van der Waals surface area (Å²) in [6.45, 7) is 2.88. The van der Waals surface area contributed by atoms with Crippen molar-refractivity contribution in [2.45, 2.75) is 31.0 Å². The van der Waals surface area contributed by atoms with Crippen LogP contribution >= 0.6 is 0 Å². The monoisotopic (exact) mass is 306 g/mol. The third-order valence-electron chi connectivity index (χ3n) is 2.70. The summed E-state index contributed by atoms with van der Waals surface area (Å²) in [6.07, 6.45) is -4.62. The molecule has 20 heavy (non-hydrogen) atoms. The zero-order valence-electron chi connectivity index (χ0n) is 10.8. The minimum atomic E-state index is -4.62. The van der Waals surface area contributed by atoms with E-state index in [1.807, 2.05) is 0 Å². The van der Waals surface area contributed by atoms with Gasteiger partial charge >= 0.3 is 6.18 Å². The van der Waals surface area contributed by atoms with E-state index in [0.29, 0.717) is 6.07 Å². The molecular weight excluding hydrogens is 293 g/mol. The molecule has 1 aromatic carbocycles. The summed E-state index contributed by atoms with van der Waals surface area (Å²) in [4.78, 5) is -0.476. The highest BCUT2D eigenvalue weighted by Gasteiger charge is 2.33. The molecule has 0 aliphatic carbocycles. The van der Waals surface area contributed by atoms with Crippen molar-refractivity contribution in [3.05, 3.63) is 29.8 Å². The van der Waals surface area contributed by atoms with Crippen LogP contribution in [0.15, 0.2) is 29.2 Å². The third-order valence-corrected chi connectivity index (χ3v) is 4.74. The maximum atomic E-state index is 12.6. The van der Waals surface area contributed by atoms with E-state index in [1.54, 1.807) is 6.07 Å². The zero-order chi connectivity index (χ0) is 15.6. The van der Waals surface area contributed by atoms with Gasteiger partial charge in [-0.15, -0.1) is 0 Å². The first-order valence-electron chi connectivity index (χ1n) is 5.73. The number of alkyl halides is 3. The molecule has 0 aromatic heterocycles. The minimum absolute atomic E-state index is 0.00664. The maximum Gasteiger partial charge on any atom is 0.416 e. The molecule has 4 nitrogen and oxygen atoms in total. The lowest BCUT2D eigenvalue weighted by Gasteiger charge is -2.22. The summed E-state index contributed by atoms with van der Waals surface area (Å²) in [5, 5.41) is 8.79. The van der Waals surface area contributed by atoms with E-state index in [4.69, 9.17) is 5.26 Å². The van der Waals surface area contributed by atoms with Gasteiger partial charge in [0.2, 0.25) is 10.0 Å². The predicted octanol–water partition coefficient (Wildman–Crippen LogP) is 2.63. The van der Waals surface area contributed by atoms with Crippen LogP contribution in [-0.4, -0.2) is 25.3 Å². The lowest BCUT2D eigenvalue weighted by atomic mass is 10.2. The van der Waals surface area contributed by atoms with E-state index in [-0.39, 0.29) is 6.54 Å². The van der Waals surface area contributed by atoms with Gasteiger partial charge in [-0.05, 0) is 25.1 Å². The molecule has 110 valence electrons. The fraction of sp³-hybridized carbons (Fsp3) is 0.417. The Labute approximate surface area is 115 Å². The molecule has 0 saturated carbocycles. The van der Waals surface area contributed by atoms with Gasteiger partial charge in [0.1, 0.15) is 6.04 Å². The Morgan fingerprint density at radius 3 is 2.45 bits per heavy atom. The highest BCUT2D eigenvalue weighted by Crippen LogP contribution is 2.31. The number of rotatable bonds is 4. The smallest absolute Gasteiger partial charge is 0.207 e. The van der Waals surface area contributed by atoms with Gasteiger partial charge in [-0.2, -0.15) is 22.7 Å². The lowest BCUT2D eigenvalue weighted by Crippen LogP contribution is -2.37. The average molecular weight is 306 g/mol. The highest BCUT2D eigenvalue weighted by molar-refractivity contribution is 7.89. The van der Waals surface area contributed by atoms with E-state index in [0.717, 1.165) is 22.5 Å². The molecule has 0 amide bonds. The van der Waals surface area contributed by atoms with Crippen LogP contribution in [0, 0.1) is 11.3 Å². The molecule has 0 spiro atoms. The Kier molecular flexibility index (Phi) is 4.78. The van der Waals surface area contributed by atoms with Gasteiger partial charge in [0.25, 0.3) is 0 Å². The second kappa shape index (κ2) is 5.81. The van der Waals surface area contributed by atoms with Gasteiger partial charge in [0.15, 0.2) is 0 Å². The number of sulfonamides is 1. The zero-order valence-corrected chi connectivity index (χ0v) is 11.7. The van der Waals surface area contributed by atoms with Crippen molar-refractivity contribution in [1.82, 2.24) is 4.31 Å². The average Bonchev–Trinajstić information content (AvgIpc) is 2.38. The Morgan fingerprint density at radius 2 is 2.00 bits per heavy atom. The van der Waals surface area contributed by atoms with Crippen LogP contribution in [-0.2, 0) is 16.2 Å². The Hall–Kier alpha value is -1.59. The Bertz CT molecular complexity index is 620. The fourth-order valence-electron chi connectivity index (χ4n) is 1.68. The molecule has 1 rings (SSSR count). The summed E-state index contributed by atoms with van der Waals surface area (Å²) >= 11 is 0. The van der Waals surface area contributed by atoms with Crippen LogP contribution in [0.4, 0.5) is 13.2 Å². The number of halogens is 3. The van der Waals surface area contributed by atoms with E-state index in [9.17, 15) is 21.6 Å². The van der Waals surface area contributed by atoms with Crippen LogP contribution < -0.4 is 0 Å². The SMILES string of the molecule is CCN(C(C)C#N)S(=O)(=O)c1cccc(C(F)(F)F)c1. The van der Waals surface area contributed by atoms with Gasteiger partial charge < -0.3 is 0 Å². The van der Waals surface area contributed by atoms with Crippen molar-refractivity contribution >= 4 is 10.0 Å². The summed E-state index contributed by atoms with van der Waals surface area (Å²) in [5.41, 5.74) is -1.04. The molecule has 8 heteroatoms. The summed E-state index contributed by atoms with van der Waals surface area (Å²) in [6, 6.07) is 4.28. The van der Waals surface area contributed by atoms with Crippen molar-refractivity contribution < 1.29 is 21.6 Å². The molecule has 1 aromatic rings. The summed E-state index contributed by atoms with van der Waals surface area (Å²) in [7, 11) is -4.13. The molecule has 0 aliphatic rings. The minimum Gasteiger partial charge on any atom is -0.207 e. The fourth-order valence-corrected chi connectivity index (χ4v) is 3.29. The van der Waals surface area contributed by atoms with Crippen LogP contribution in [0.3, 0.4) is 0 Å². The normalized spacial score (nSPS) is 14.1. The van der Waals surface area contributed by atoms with Gasteiger partial charge in [0, 0.05) is 6.54 Å². The number of nitrogens with zero attached hydrogens (tertiary/aromatic N) is 2. The predicted molar refractivity (Wildman–Crippen MR) is 66.1 cm³/mol. The molecule has 0 bridgehead atoms. The first-order valence-corrected chi connectivity index (χ1v) is 7.17. The summed E-state index contributed by atoms with van der Waals surface area (Å²) in [5.74, 6) is 0. The van der Waals surface area contributed by atoms with Crippen LogP contribution in [0.25, 0.3) is 0 Å². The molecule has 0 radical (unpaired) electrons. The van der Waals surface area contributed by atoms with Crippen LogP contribution in [0.5, 0.6) is 0 Å². The van der Waals surface area contributed by atoms with Gasteiger partial charge in [-0.3, -0.25) is 0 Å². The molecule has 0 saturated heterocycles. The topological polar surface area (TPSA) is 61.2 Å². The van der Waals surface area contributed by atoms with Crippen molar-refractivity contribution in [1.29, 1.82) is 5.26 Å². The number of nitriles is 1. The maximum absolute atomic E-state index is 12.6. The van der Waals surface area contributed by atoms with E-state index < -0.39 is 32.7 Å². The van der Waals surface area contributed by atoms with Gasteiger partial charge in [0.05, 0.1) is 16.5 Å². The molecule has 0 fully saturated rings. The molecular formula is C12H13F3N2O2S. The second-order valence-electron chi connectivity index (χ2n) is 4.04. The molecule has 0 N–H and O–H groups in total. The number of hydrogen-bond acceptors (Lipinski definition) is 3. The molecule has 0 heterocycles. The van der Waals surface area contributed by atoms with E-state index >= 15 is 0 Å². The van der Waals surface area contributed by atoms with E-state index in [2.05, 4.69) is 0 Å². The van der Waals surface area contributed by atoms with Gasteiger partial charge in [-0.25, -0.2) is 8.42 Å². The first-order chi connectivity index (χ1) is 9.14. The number of benzene rings is 1. The number of hydrogen-bond donors (Lipinski definition) is 0.